The summed E-state index contributed by atoms with van der Waals surface area (Å²) >= 11 is 3.31. The van der Waals surface area contributed by atoms with E-state index in [1.165, 1.54) is 0 Å². The predicted octanol–water partition coefficient (Wildman–Crippen LogP) is 2.83. The molecule has 0 aromatic heterocycles. The molecule has 1 unspecified atom stereocenters. The zero-order valence-corrected chi connectivity index (χ0v) is 13.2. The van der Waals surface area contributed by atoms with Gasteiger partial charge in [0.05, 0.1) is 17.2 Å². The Labute approximate surface area is 128 Å². The fraction of sp³-hybridized carbons (Fsp3) is 0.600. The number of benzene rings is 1. The summed E-state index contributed by atoms with van der Waals surface area (Å²) in [4.78, 5) is 0. The highest BCUT2D eigenvalue weighted by Crippen LogP contribution is 2.27. The molecule has 0 bridgehead atoms. The Balaban J connectivity index is 1.52. The number of para-hydroxylation sites is 1. The fourth-order valence-electron chi connectivity index (χ4n) is 2.22. The van der Waals surface area contributed by atoms with Crippen molar-refractivity contribution in [2.75, 3.05) is 26.4 Å². The largest absolute Gasteiger partial charge is 0.506 e. The lowest BCUT2D eigenvalue weighted by Crippen LogP contribution is -2.19. The maximum atomic E-state index is 9.83. The average molecular weight is 344 g/mol. The highest BCUT2D eigenvalue weighted by Gasteiger charge is 2.14. The van der Waals surface area contributed by atoms with Gasteiger partial charge in [0, 0.05) is 25.3 Å². The first-order valence-electron chi connectivity index (χ1n) is 7.14. The van der Waals surface area contributed by atoms with Crippen molar-refractivity contribution < 1.29 is 14.6 Å². The van der Waals surface area contributed by atoms with E-state index in [1.807, 2.05) is 18.2 Å². The van der Waals surface area contributed by atoms with Gasteiger partial charge in [-0.15, -0.1) is 0 Å². The van der Waals surface area contributed by atoms with E-state index in [9.17, 15) is 5.11 Å². The molecule has 1 heterocycles. The lowest BCUT2D eigenvalue weighted by atomic mass is 10.2. The summed E-state index contributed by atoms with van der Waals surface area (Å²) in [6, 6.07) is 5.67. The first kappa shape index (κ1) is 15.8. The summed E-state index contributed by atoms with van der Waals surface area (Å²) in [5, 5.41) is 13.1. The van der Waals surface area contributed by atoms with Gasteiger partial charge in [0.1, 0.15) is 5.75 Å². The number of rotatable bonds is 8. The molecule has 1 fully saturated rings. The number of nitrogens with one attached hydrogen (secondary N) is 1. The standard InChI is InChI=1S/C15H22BrNO3/c16-14-6-1-4-12(15(14)18)10-17-7-3-8-19-11-13-5-2-9-20-13/h1,4,6,13,17-18H,2-3,5,7-11H2. The van der Waals surface area contributed by atoms with Crippen molar-refractivity contribution in [1.29, 1.82) is 0 Å². The second-order valence-corrected chi connectivity index (χ2v) is 5.84. The number of hydrogen-bond donors (Lipinski definition) is 2. The molecule has 0 aliphatic carbocycles. The number of phenols is 1. The normalized spacial score (nSPS) is 18.6. The molecular formula is C15H22BrNO3. The first-order valence-corrected chi connectivity index (χ1v) is 7.93. The Hall–Kier alpha value is -0.620. The van der Waals surface area contributed by atoms with Crippen LogP contribution in [0.1, 0.15) is 24.8 Å². The summed E-state index contributed by atoms with van der Waals surface area (Å²) in [7, 11) is 0. The van der Waals surface area contributed by atoms with Crippen LogP contribution in [-0.2, 0) is 16.0 Å². The summed E-state index contributed by atoms with van der Waals surface area (Å²) in [6.45, 7) is 3.88. The molecule has 1 atom stereocenters. The second-order valence-electron chi connectivity index (χ2n) is 4.99. The summed E-state index contributed by atoms with van der Waals surface area (Å²) < 4.78 is 11.8. The molecule has 2 rings (SSSR count). The molecule has 112 valence electrons. The molecule has 4 nitrogen and oxygen atoms in total. The molecule has 1 aliphatic rings. The third-order valence-electron chi connectivity index (χ3n) is 3.36. The smallest absolute Gasteiger partial charge is 0.134 e. The molecule has 2 N–H and O–H groups in total. The van der Waals surface area contributed by atoms with Crippen LogP contribution in [0.3, 0.4) is 0 Å². The third kappa shape index (κ3) is 5.05. The zero-order chi connectivity index (χ0) is 14.2. The average Bonchev–Trinajstić information content (AvgIpc) is 2.95. The number of aromatic hydroxyl groups is 1. The van der Waals surface area contributed by atoms with Crippen LogP contribution < -0.4 is 5.32 Å². The van der Waals surface area contributed by atoms with E-state index in [2.05, 4.69) is 21.2 Å². The van der Waals surface area contributed by atoms with Crippen LogP contribution in [0.5, 0.6) is 5.75 Å². The number of hydrogen-bond acceptors (Lipinski definition) is 4. The zero-order valence-electron chi connectivity index (χ0n) is 11.6. The molecule has 0 spiro atoms. The van der Waals surface area contributed by atoms with Gasteiger partial charge in [0.2, 0.25) is 0 Å². The minimum Gasteiger partial charge on any atom is -0.506 e. The van der Waals surface area contributed by atoms with Crippen LogP contribution >= 0.6 is 15.9 Å². The van der Waals surface area contributed by atoms with Gasteiger partial charge in [-0.3, -0.25) is 0 Å². The Morgan fingerprint density at radius 2 is 2.35 bits per heavy atom. The van der Waals surface area contributed by atoms with Gasteiger partial charge in [0.15, 0.2) is 0 Å². The molecular weight excluding hydrogens is 322 g/mol. The van der Waals surface area contributed by atoms with Gasteiger partial charge in [0.25, 0.3) is 0 Å². The van der Waals surface area contributed by atoms with Crippen molar-refractivity contribution in [3.8, 4) is 5.75 Å². The Morgan fingerprint density at radius 3 is 3.15 bits per heavy atom. The van der Waals surface area contributed by atoms with E-state index in [0.29, 0.717) is 25.0 Å². The summed E-state index contributed by atoms with van der Waals surface area (Å²) in [5.41, 5.74) is 0.902. The highest BCUT2D eigenvalue weighted by molar-refractivity contribution is 9.10. The monoisotopic (exact) mass is 343 g/mol. The van der Waals surface area contributed by atoms with Crippen molar-refractivity contribution >= 4 is 15.9 Å². The molecule has 0 radical (unpaired) electrons. The third-order valence-corrected chi connectivity index (χ3v) is 4.00. The van der Waals surface area contributed by atoms with Crippen molar-refractivity contribution in [2.45, 2.75) is 31.9 Å². The van der Waals surface area contributed by atoms with E-state index in [0.717, 1.165) is 49.1 Å². The molecule has 20 heavy (non-hydrogen) atoms. The van der Waals surface area contributed by atoms with Crippen molar-refractivity contribution in [3.05, 3.63) is 28.2 Å². The van der Waals surface area contributed by atoms with Crippen LogP contribution in [-0.4, -0.2) is 37.6 Å². The highest BCUT2D eigenvalue weighted by atomic mass is 79.9. The lowest BCUT2D eigenvalue weighted by Gasteiger charge is -2.10. The van der Waals surface area contributed by atoms with E-state index in [4.69, 9.17) is 9.47 Å². The van der Waals surface area contributed by atoms with Gasteiger partial charge in [-0.2, -0.15) is 0 Å². The first-order chi connectivity index (χ1) is 9.77. The van der Waals surface area contributed by atoms with Crippen LogP contribution in [0.2, 0.25) is 0 Å². The minimum absolute atomic E-state index is 0.307. The Morgan fingerprint density at radius 1 is 1.45 bits per heavy atom. The number of ether oxygens (including phenoxy) is 2. The van der Waals surface area contributed by atoms with Gasteiger partial charge in [-0.25, -0.2) is 0 Å². The van der Waals surface area contributed by atoms with E-state index < -0.39 is 0 Å². The fourth-order valence-corrected chi connectivity index (χ4v) is 2.62. The Bertz CT molecular complexity index is 408. The Kier molecular flexibility index (Phi) is 6.79. The SMILES string of the molecule is Oc1c(Br)cccc1CNCCCOCC1CCCO1. The molecule has 1 saturated heterocycles. The van der Waals surface area contributed by atoms with Crippen molar-refractivity contribution in [2.24, 2.45) is 0 Å². The maximum Gasteiger partial charge on any atom is 0.134 e. The number of phenolic OH excluding ortho intramolecular Hbond substituents is 1. The van der Waals surface area contributed by atoms with Gasteiger partial charge in [-0.05, 0) is 47.8 Å². The van der Waals surface area contributed by atoms with Crippen LogP contribution in [0.15, 0.2) is 22.7 Å². The summed E-state index contributed by atoms with van der Waals surface area (Å²) in [6.07, 6.45) is 3.55. The van der Waals surface area contributed by atoms with E-state index in [1.54, 1.807) is 0 Å². The van der Waals surface area contributed by atoms with E-state index in [-0.39, 0.29) is 0 Å². The topological polar surface area (TPSA) is 50.7 Å². The van der Waals surface area contributed by atoms with Crippen LogP contribution in [0, 0.1) is 0 Å². The van der Waals surface area contributed by atoms with Gasteiger partial charge < -0.3 is 19.9 Å². The van der Waals surface area contributed by atoms with Gasteiger partial charge >= 0.3 is 0 Å². The lowest BCUT2D eigenvalue weighted by molar-refractivity contribution is 0.0166. The molecule has 1 aliphatic heterocycles. The van der Waals surface area contributed by atoms with E-state index >= 15 is 0 Å². The van der Waals surface area contributed by atoms with Crippen LogP contribution in [0.4, 0.5) is 0 Å². The van der Waals surface area contributed by atoms with Crippen molar-refractivity contribution in [1.82, 2.24) is 5.32 Å². The summed E-state index contributed by atoms with van der Waals surface area (Å²) in [5.74, 6) is 0.314. The maximum absolute atomic E-state index is 9.83. The van der Waals surface area contributed by atoms with Crippen LogP contribution in [0.25, 0.3) is 0 Å². The molecule has 1 aromatic carbocycles. The second kappa shape index (κ2) is 8.62. The molecule has 5 heteroatoms. The molecule has 0 amide bonds. The molecule has 1 aromatic rings. The number of halogens is 1. The minimum atomic E-state index is 0.307. The quantitative estimate of drug-likeness (QED) is 0.712. The molecule has 0 saturated carbocycles. The predicted molar refractivity (Wildman–Crippen MR) is 81.9 cm³/mol. The van der Waals surface area contributed by atoms with Gasteiger partial charge in [-0.1, -0.05) is 12.1 Å². The van der Waals surface area contributed by atoms with Crippen molar-refractivity contribution in [3.63, 3.8) is 0 Å².